The second kappa shape index (κ2) is 9.36. The number of halogens is 3. The molecule has 1 aliphatic rings. The summed E-state index contributed by atoms with van der Waals surface area (Å²) >= 11 is 0. The van der Waals surface area contributed by atoms with Crippen LogP contribution >= 0.6 is 0 Å². The molecule has 1 N–H and O–H groups in total. The summed E-state index contributed by atoms with van der Waals surface area (Å²) in [5.41, 5.74) is 1.68. The van der Waals surface area contributed by atoms with Gasteiger partial charge in [0, 0.05) is 33.1 Å². The largest absolute Gasteiger partial charge is 0.573 e. The molecule has 0 aromatic heterocycles. The number of nitrogens with one attached hydrogen (secondary N) is 1. The second-order valence-corrected chi connectivity index (χ2v) is 6.81. The molecular formula is C21H23F3N2O4. The van der Waals surface area contributed by atoms with Crippen molar-refractivity contribution in [1.29, 1.82) is 0 Å². The third-order valence-electron chi connectivity index (χ3n) is 4.70. The predicted octanol–water partition coefficient (Wildman–Crippen LogP) is 3.51. The van der Waals surface area contributed by atoms with Crippen LogP contribution in [-0.2, 0) is 4.79 Å². The van der Waals surface area contributed by atoms with Crippen molar-refractivity contribution in [2.45, 2.75) is 19.3 Å². The highest BCUT2D eigenvalue weighted by Crippen LogP contribution is 2.36. The van der Waals surface area contributed by atoms with E-state index < -0.39 is 12.3 Å². The summed E-state index contributed by atoms with van der Waals surface area (Å²) in [5.74, 6) is -0.0188. The zero-order valence-electron chi connectivity index (χ0n) is 16.7. The monoisotopic (exact) mass is 424 g/mol. The van der Waals surface area contributed by atoms with Gasteiger partial charge in [-0.1, -0.05) is 18.2 Å². The van der Waals surface area contributed by atoms with E-state index in [1.807, 2.05) is 6.07 Å². The average molecular weight is 424 g/mol. The number of esters is 1. The van der Waals surface area contributed by atoms with Gasteiger partial charge in [-0.15, -0.1) is 13.2 Å². The van der Waals surface area contributed by atoms with Crippen molar-refractivity contribution in [1.82, 2.24) is 10.2 Å². The van der Waals surface area contributed by atoms with Gasteiger partial charge in [-0.2, -0.15) is 0 Å². The highest BCUT2D eigenvalue weighted by molar-refractivity contribution is 5.70. The fourth-order valence-corrected chi connectivity index (χ4v) is 3.50. The zero-order chi connectivity index (χ0) is 21.7. The smallest absolute Gasteiger partial charge is 0.493 e. The zero-order valence-corrected chi connectivity index (χ0v) is 16.7. The Labute approximate surface area is 172 Å². The van der Waals surface area contributed by atoms with Gasteiger partial charge in [-0.05, 0) is 35.4 Å². The minimum Gasteiger partial charge on any atom is -0.493 e. The maximum absolute atomic E-state index is 12.5. The van der Waals surface area contributed by atoms with Crippen LogP contribution in [0, 0.1) is 0 Å². The third kappa shape index (κ3) is 5.64. The molecule has 1 atom stereocenters. The molecule has 1 fully saturated rings. The van der Waals surface area contributed by atoms with Crippen LogP contribution in [0.3, 0.4) is 0 Å². The van der Waals surface area contributed by atoms with Crippen molar-refractivity contribution in [3.05, 3.63) is 53.6 Å². The number of carbonyl (C=O) groups excluding carboxylic acids is 1. The van der Waals surface area contributed by atoms with Crippen LogP contribution in [0.25, 0.3) is 0 Å². The number of hydrogen-bond acceptors (Lipinski definition) is 6. The highest BCUT2D eigenvalue weighted by atomic mass is 19.4. The highest BCUT2D eigenvalue weighted by Gasteiger charge is 2.31. The molecule has 0 bridgehead atoms. The van der Waals surface area contributed by atoms with Crippen molar-refractivity contribution in [3.63, 3.8) is 0 Å². The summed E-state index contributed by atoms with van der Waals surface area (Å²) in [6.07, 6.45) is -4.74. The van der Waals surface area contributed by atoms with E-state index in [1.165, 1.54) is 26.2 Å². The molecule has 1 saturated heterocycles. The molecule has 0 radical (unpaired) electrons. The number of carbonyl (C=O) groups is 1. The number of piperazine rings is 1. The summed E-state index contributed by atoms with van der Waals surface area (Å²) in [6, 6.07) is 10.9. The molecule has 0 spiro atoms. The molecule has 0 unspecified atom stereocenters. The van der Waals surface area contributed by atoms with E-state index in [-0.39, 0.29) is 11.8 Å². The van der Waals surface area contributed by atoms with Gasteiger partial charge in [-0.25, -0.2) is 0 Å². The molecule has 9 heteroatoms. The van der Waals surface area contributed by atoms with E-state index in [2.05, 4.69) is 15.0 Å². The number of nitrogens with zero attached hydrogens (tertiary/aromatic N) is 1. The van der Waals surface area contributed by atoms with E-state index in [0.29, 0.717) is 11.5 Å². The van der Waals surface area contributed by atoms with Crippen LogP contribution in [0.5, 0.6) is 17.2 Å². The first-order chi connectivity index (χ1) is 14.3. The van der Waals surface area contributed by atoms with Gasteiger partial charge in [0.25, 0.3) is 0 Å². The average Bonchev–Trinajstić information content (AvgIpc) is 2.70. The van der Waals surface area contributed by atoms with E-state index >= 15 is 0 Å². The van der Waals surface area contributed by atoms with Crippen molar-refractivity contribution in [2.75, 3.05) is 33.3 Å². The van der Waals surface area contributed by atoms with Gasteiger partial charge in [-0.3, -0.25) is 9.69 Å². The molecule has 0 saturated carbocycles. The topological polar surface area (TPSA) is 60.0 Å². The standard InChI is InChI=1S/C21H23F3N2O4/c1-14(27)29-18-8-5-16(13-19(18)28-2)20(26-11-9-25-10-12-26)15-3-6-17(7-4-15)30-21(22,23)24/h3-8,13,20,25H,9-12H2,1-2H3/t20-/m1/s1. The van der Waals surface area contributed by atoms with E-state index in [1.54, 1.807) is 24.3 Å². The van der Waals surface area contributed by atoms with Crippen molar-refractivity contribution in [2.24, 2.45) is 0 Å². The Morgan fingerprint density at radius 1 is 1.03 bits per heavy atom. The van der Waals surface area contributed by atoms with E-state index in [9.17, 15) is 18.0 Å². The number of ether oxygens (including phenoxy) is 3. The molecule has 162 valence electrons. The molecule has 0 aliphatic carbocycles. The van der Waals surface area contributed by atoms with Crippen molar-refractivity contribution in [3.8, 4) is 17.2 Å². The van der Waals surface area contributed by atoms with Crippen LogP contribution in [-0.4, -0.2) is 50.5 Å². The number of benzene rings is 2. The summed E-state index contributed by atoms with van der Waals surface area (Å²) in [7, 11) is 1.48. The summed E-state index contributed by atoms with van der Waals surface area (Å²) in [6.45, 7) is 4.43. The Morgan fingerprint density at radius 3 is 2.23 bits per heavy atom. The van der Waals surface area contributed by atoms with Gasteiger partial charge in [0.15, 0.2) is 11.5 Å². The fourth-order valence-electron chi connectivity index (χ4n) is 3.50. The molecule has 30 heavy (non-hydrogen) atoms. The number of methoxy groups -OCH3 is 1. The minimum absolute atomic E-state index is 0.215. The van der Waals surface area contributed by atoms with Crippen molar-refractivity contribution < 1.29 is 32.2 Å². The summed E-state index contributed by atoms with van der Waals surface area (Å²) < 4.78 is 52.0. The summed E-state index contributed by atoms with van der Waals surface area (Å²) in [4.78, 5) is 13.5. The van der Waals surface area contributed by atoms with Gasteiger partial charge < -0.3 is 19.5 Å². The third-order valence-corrected chi connectivity index (χ3v) is 4.70. The Kier molecular flexibility index (Phi) is 6.84. The maximum atomic E-state index is 12.5. The SMILES string of the molecule is COc1cc([C@@H](c2ccc(OC(F)(F)F)cc2)N2CCNCC2)ccc1OC(C)=O. The first-order valence-corrected chi connectivity index (χ1v) is 9.43. The molecule has 6 nitrogen and oxygen atoms in total. The summed E-state index contributed by atoms with van der Waals surface area (Å²) in [5, 5.41) is 3.29. The van der Waals surface area contributed by atoms with Gasteiger partial charge in [0.05, 0.1) is 13.2 Å². The Hall–Kier alpha value is -2.78. The second-order valence-electron chi connectivity index (χ2n) is 6.81. The Bertz CT molecular complexity index is 866. The van der Waals surface area contributed by atoms with Crippen LogP contribution in [0.1, 0.15) is 24.1 Å². The van der Waals surface area contributed by atoms with E-state index in [4.69, 9.17) is 9.47 Å². The van der Waals surface area contributed by atoms with Gasteiger partial charge in [0.2, 0.25) is 0 Å². The lowest BCUT2D eigenvalue weighted by atomic mass is 9.96. The lowest BCUT2D eigenvalue weighted by Gasteiger charge is -2.35. The first kappa shape index (κ1) is 21.9. The van der Waals surface area contributed by atoms with E-state index in [0.717, 1.165) is 37.3 Å². The van der Waals surface area contributed by atoms with Crippen LogP contribution in [0.15, 0.2) is 42.5 Å². The molecule has 1 heterocycles. The number of alkyl halides is 3. The molecule has 0 amide bonds. The molecule has 1 aliphatic heterocycles. The number of hydrogen-bond donors (Lipinski definition) is 1. The fraction of sp³-hybridized carbons (Fsp3) is 0.381. The maximum Gasteiger partial charge on any atom is 0.573 e. The molecule has 2 aromatic rings. The molecule has 2 aromatic carbocycles. The predicted molar refractivity (Wildman–Crippen MR) is 104 cm³/mol. The van der Waals surface area contributed by atoms with Crippen molar-refractivity contribution >= 4 is 5.97 Å². The van der Waals surface area contributed by atoms with Gasteiger partial charge in [0.1, 0.15) is 5.75 Å². The minimum atomic E-state index is -4.74. The molecule has 3 rings (SSSR count). The van der Waals surface area contributed by atoms with Crippen LogP contribution in [0.2, 0.25) is 0 Å². The quantitative estimate of drug-likeness (QED) is 0.566. The molecular weight excluding hydrogens is 401 g/mol. The van der Waals surface area contributed by atoms with Gasteiger partial charge >= 0.3 is 12.3 Å². The van der Waals surface area contributed by atoms with Crippen LogP contribution < -0.4 is 19.5 Å². The Morgan fingerprint density at radius 2 is 1.67 bits per heavy atom. The van der Waals surface area contributed by atoms with Crippen LogP contribution in [0.4, 0.5) is 13.2 Å². The normalized spacial score (nSPS) is 16.0. The lowest BCUT2D eigenvalue weighted by molar-refractivity contribution is -0.274. The Balaban J connectivity index is 1.96. The first-order valence-electron chi connectivity index (χ1n) is 9.43. The number of rotatable bonds is 6. The lowest BCUT2D eigenvalue weighted by Crippen LogP contribution is -2.45.